The molecule has 0 aliphatic carbocycles. The maximum Gasteiger partial charge on any atom is 0.251 e. The van der Waals surface area contributed by atoms with Crippen molar-refractivity contribution in [3.8, 4) is 0 Å². The van der Waals surface area contributed by atoms with Crippen LogP contribution in [0.25, 0.3) is 0 Å². The van der Waals surface area contributed by atoms with Crippen molar-refractivity contribution >= 4 is 46.4 Å². The lowest BCUT2D eigenvalue weighted by molar-refractivity contribution is -0.438. The summed E-state index contributed by atoms with van der Waals surface area (Å²) in [5.74, 6) is -2.26. The molecule has 4 rings (SSSR count). The van der Waals surface area contributed by atoms with Gasteiger partial charge in [-0.1, -0.05) is 7.43 Å². The molecular formula is C47H76N6O18+2. The van der Waals surface area contributed by atoms with Gasteiger partial charge in [-0.25, -0.2) is 0 Å². The summed E-state index contributed by atoms with van der Waals surface area (Å²) in [7, 11) is 0. The highest BCUT2D eigenvalue weighted by molar-refractivity contribution is 6.00. The van der Waals surface area contributed by atoms with Crippen LogP contribution in [0.1, 0.15) is 79.8 Å². The minimum absolute atomic E-state index is 0. The normalized spacial score (nSPS) is 15.0. The fourth-order valence-electron chi connectivity index (χ4n) is 7.93. The second kappa shape index (κ2) is 26.2. The Bertz CT molecular complexity index is 2180. The lowest BCUT2D eigenvalue weighted by Gasteiger charge is -2.29. The Kier molecular flexibility index (Phi) is 22.9. The van der Waals surface area contributed by atoms with Crippen molar-refractivity contribution in [1.29, 1.82) is 0 Å². The third kappa shape index (κ3) is 13.0. The predicted octanol–water partition coefficient (Wildman–Crippen LogP) is -5.92. The number of rotatable bonds is 26. The number of amides is 4. The monoisotopic (exact) mass is 1010 g/mol. The smallest absolute Gasteiger partial charge is 0.251 e. The molecule has 2 aliphatic rings. The van der Waals surface area contributed by atoms with Gasteiger partial charge in [0.15, 0.2) is 24.5 Å². The first kappa shape index (κ1) is 62.2. The van der Waals surface area contributed by atoms with E-state index in [2.05, 4.69) is 21.3 Å². The van der Waals surface area contributed by atoms with Gasteiger partial charge in [0.2, 0.25) is 23.2 Å². The topological polar surface area (TPSA) is 406 Å². The van der Waals surface area contributed by atoms with Crippen molar-refractivity contribution in [2.75, 3.05) is 106 Å². The molecule has 4 amide bonds. The van der Waals surface area contributed by atoms with Gasteiger partial charge in [0, 0.05) is 48.2 Å². The number of hydrogen-bond donors (Lipinski definition) is 18. The standard InChI is InChI=1S/C23H35N3O10.C23H35N3O8.CH4/c1-15-23(13-33,14-34)17-6-16(20(36)25-22(10-30,11-31)12-32)2-3-18(17)26(15)5-4-19(35)24-21(7-27,8-28)9-29;1-15-21(2,3)17-8-16(20(34)25-23(12-30,13-31)14-32)4-5-18(17)26(15)7-6-19(33)24-22(9-27,10-28)11-29;/h2-3,6,27-34H,4-5,7-14H2,1H3,(H-,24,25,35,36);4-5,8,27-32H,6-7,9-14H2,1-3H3,(H-,24,25,33,34);1H4/p+2. The summed E-state index contributed by atoms with van der Waals surface area (Å²) < 4.78 is 3.65. The average Bonchev–Trinajstić information content (AvgIpc) is 3.74. The summed E-state index contributed by atoms with van der Waals surface area (Å²) in [6.45, 7) is -0.928. The molecule has 2 heterocycles. The van der Waals surface area contributed by atoms with Crippen molar-refractivity contribution in [2.45, 2.75) is 80.9 Å². The van der Waals surface area contributed by atoms with Crippen molar-refractivity contribution < 1.29 is 99.8 Å². The van der Waals surface area contributed by atoms with Crippen LogP contribution in [0.15, 0.2) is 36.4 Å². The van der Waals surface area contributed by atoms with E-state index < -0.39 is 149 Å². The van der Waals surface area contributed by atoms with Crippen LogP contribution in [0.2, 0.25) is 0 Å². The van der Waals surface area contributed by atoms with Gasteiger partial charge < -0.3 is 92.8 Å². The summed E-state index contributed by atoms with van der Waals surface area (Å²) in [5.41, 5.74) is -3.56. The number of aliphatic hydroxyl groups excluding tert-OH is 14. The molecule has 0 unspecified atom stereocenters. The third-order valence-corrected chi connectivity index (χ3v) is 13.6. The molecule has 71 heavy (non-hydrogen) atoms. The highest BCUT2D eigenvalue weighted by Gasteiger charge is 2.50. The first-order valence-electron chi connectivity index (χ1n) is 22.4. The summed E-state index contributed by atoms with van der Waals surface area (Å²) >= 11 is 0. The van der Waals surface area contributed by atoms with E-state index in [1.54, 1.807) is 35.8 Å². The Morgan fingerprint density at radius 2 is 0.761 bits per heavy atom. The third-order valence-electron chi connectivity index (χ3n) is 13.6. The van der Waals surface area contributed by atoms with E-state index in [-0.39, 0.29) is 37.9 Å². The first-order chi connectivity index (χ1) is 33.1. The largest absolute Gasteiger partial charge is 0.395 e. The molecule has 0 fully saturated rings. The fraction of sp³-hybridized carbons (Fsp3) is 0.617. The van der Waals surface area contributed by atoms with Crippen LogP contribution in [0, 0.1) is 0 Å². The molecule has 24 nitrogen and oxygen atoms in total. The summed E-state index contributed by atoms with van der Waals surface area (Å²) in [6, 6.07) is 9.51. The van der Waals surface area contributed by atoms with Gasteiger partial charge in [-0.3, -0.25) is 19.2 Å². The van der Waals surface area contributed by atoms with E-state index in [0.29, 0.717) is 23.5 Å². The quantitative estimate of drug-likeness (QED) is 0.0390. The number of hydrogen-bond acceptors (Lipinski definition) is 18. The molecular weight excluding hydrogens is 937 g/mol. The van der Waals surface area contributed by atoms with Gasteiger partial charge in [0.25, 0.3) is 11.8 Å². The molecule has 2 aromatic carbocycles. The lowest BCUT2D eigenvalue weighted by Crippen LogP contribution is -2.57. The Morgan fingerprint density at radius 3 is 1.08 bits per heavy atom. The van der Waals surface area contributed by atoms with Gasteiger partial charge in [-0.15, -0.1) is 0 Å². The zero-order valence-electron chi connectivity index (χ0n) is 40.0. The van der Waals surface area contributed by atoms with Gasteiger partial charge >= 0.3 is 0 Å². The lowest BCUT2D eigenvalue weighted by atomic mass is 9.79. The van der Waals surface area contributed by atoms with Gasteiger partial charge in [-0.2, -0.15) is 9.15 Å². The Hall–Kier alpha value is -4.90. The van der Waals surface area contributed by atoms with Gasteiger partial charge in [-0.05, 0) is 38.1 Å². The maximum absolute atomic E-state index is 12.8. The molecule has 2 aromatic rings. The van der Waals surface area contributed by atoms with Crippen molar-refractivity contribution in [2.24, 2.45) is 0 Å². The van der Waals surface area contributed by atoms with Crippen LogP contribution >= 0.6 is 0 Å². The summed E-state index contributed by atoms with van der Waals surface area (Å²) in [5, 5.41) is 144. The van der Waals surface area contributed by atoms with Crippen LogP contribution in [0.5, 0.6) is 0 Å². The number of carbonyl (C=O) groups is 4. The summed E-state index contributed by atoms with van der Waals surface area (Å²) in [6.07, 6.45) is -0.0947. The number of carbonyl (C=O) groups excluding carboxylic acids is 4. The van der Waals surface area contributed by atoms with Crippen LogP contribution in [0.4, 0.5) is 11.4 Å². The number of nitrogens with one attached hydrogen (secondary N) is 4. The minimum Gasteiger partial charge on any atom is -0.395 e. The van der Waals surface area contributed by atoms with E-state index in [1.165, 1.54) is 12.1 Å². The highest BCUT2D eigenvalue weighted by Crippen LogP contribution is 2.41. The molecule has 0 saturated heterocycles. The number of fused-ring (bicyclic) bond motifs is 2. The van der Waals surface area contributed by atoms with Crippen molar-refractivity contribution in [3.05, 3.63) is 58.7 Å². The average molecular weight is 1010 g/mol. The number of nitrogens with zero attached hydrogens (tertiary/aromatic N) is 2. The van der Waals surface area contributed by atoms with E-state index in [9.17, 15) is 90.7 Å². The van der Waals surface area contributed by atoms with Gasteiger partial charge in [0.05, 0.1) is 111 Å². The van der Waals surface area contributed by atoms with E-state index in [0.717, 1.165) is 17.0 Å². The zero-order chi connectivity index (χ0) is 52.9. The Balaban J connectivity index is 0.000000481. The maximum atomic E-state index is 12.8. The van der Waals surface area contributed by atoms with E-state index in [4.69, 9.17) is 0 Å². The van der Waals surface area contributed by atoms with E-state index in [1.807, 2.05) is 25.3 Å². The van der Waals surface area contributed by atoms with Crippen LogP contribution in [-0.4, -0.2) is 243 Å². The first-order valence-corrected chi connectivity index (χ1v) is 22.4. The van der Waals surface area contributed by atoms with E-state index >= 15 is 0 Å². The second-order valence-electron chi connectivity index (χ2n) is 18.5. The summed E-state index contributed by atoms with van der Waals surface area (Å²) in [4.78, 5) is 50.5. The van der Waals surface area contributed by atoms with Gasteiger partial charge in [0.1, 0.15) is 27.6 Å². The number of aliphatic hydroxyl groups is 14. The van der Waals surface area contributed by atoms with Crippen LogP contribution < -0.4 is 21.3 Å². The molecule has 400 valence electrons. The van der Waals surface area contributed by atoms with Crippen molar-refractivity contribution in [3.63, 3.8) is 0 Å². The van der Waals surface area contributed by atoms with Crippen LogP contribution in [-0.2, 0) is 20.4 Å². The Morgan fingerprint density at radius 1 is 0.465 bits per heavy atom. The number of benzene rings is 2. The molecule has 0 radical (unpaired) electrons. The fourth-order valence-corrected chi connectivity index (χ4v) is 7.93. The molecule has 0 atom stereocenters. The highest BCUT2D eigenvalue weighted by atomic mass is 16.3. The molecule has 2 aliphatic heterocycles. The molecule has 0 bridgehead atoms. The van der Waals surface area contributed by atoms with Crippen LogP contribution in [0.3, 0.4) is 0 Å². The molecule has 0 spiro atoms. The SMILES string of the molecule is C.CC1=[N+](CCC(=O)NC(CO)(CO)CO)c2ccc(C(=O)NC(CO)(CO)CO)cc2C1(C)C.CC1=[N+](CCC(=O)NC(CO)(CO)CO)c2ccc(C(=O)NC(CO)(CO)CO)cc2C1(CO)CO. The molecule has 18 N–H and O–H groups in total. The Labute approximate surface area is 411 Å². The molecule has 0 aromatic heterocycles. The molecule has 24 heteroatoms. The molecule has 0 saturated carbocycles. The zero-order valence-corrected chi connectivity index (χ0v) is 40.0. The predicted molar refractivity (Wildman–Crippen MR) is 256 cm³/mol. The second-order valence-corrected chi connectivity index (χ2v) is 18.5. The van der Waals surface area contributed by atoms with Crippen molar-refractivity contribution in [1.82, 2.24) is 21.3 Å². The minimum atomic E-state index is -1.64.